The third-order valence-electron chi connectivity index (χ3n) is 5.68. The van der Waals surface area contributed by atoms with Crippen LogP contribution in [-0.2, 0) is 16.4 Å². The van der Waals surface area contributed by atoms with Crippen LogP contribution in [0.25, 0.3) is 22.8 Å². The van der Waals surface area contributed by atoms with Gasteiger partial charge in [-0.15, -0.1) is 0 Å². The average Bonchev–Trinajstić information content (AvgIpc) is 3.28. The van der Waals surface area contributed by atoms with Crippen LogP contribution in [0.2, 0.25) is 0 Å². The van der Waals surface area contributed by atoms with Gasteiger partial charge in [-0.2, -0.15) is 10.2 Å². The van der Waals surface area contributed by atoms with E-state index in [1.165, 1.54) is 0 Å². The Kier molecular flexibility index (Phi) is 7.00. The van der Waals surface area contributed by atoms with E-state index in [9.17, 15) is 13.7 Å². The first kappa shape index (κ1) is 23.9. The van der Waals surface area contributed by atoms with Gasteiger partial charge < -0.3 is 9.26 Å². The molecule has 1 atom stereocenters. The van der Waals surface area contributed by atoms with E-state index in [1.54, 1.807) is 18.2 Å². The second-order valence-electron chi connectivity index (χ2n) is 8.67. The van der Waals surface area contributed by atoms with E-state index in [0.29, 0.717) is 35.0 Å². The molecule has 0 saturated carbocycles. The number of ether oxygens (including phenoxy) is 1. The van der Waals surface area contributed by atoms with E-state index < -0.39 is 10.0 Å². The molecular formula is C25H28N4O4S. The van der Waals surface area contributed by atoms with Gasteiger partial charge in [-0.3, -0.25) is 0 Å². The highest BCUT2D eigenvalue weighted by Gasteiger charge is 2.27. The summed E-state index contributed by atoms with van der Waals surface area (Å²) in [7, 11) is -3.34. The smallest absolute Gasteiger partial charge is 0.258 e. The number of hydrogen-bond donors (Lipinski definition) is 1. The molecule has 3 aromatic rings. The van der Waals surface area contributed by atoms with Gasteiger partial charge in [0, 0.05) is 17.2 Å². The summed E-state index contributed by atoms with van der Waals surface area (Å²) in [6.07, 6.45) is 2.93. The molecule has 178 valence electrons. The van der Waals surface area contributed by atoms with Gasteiger partial charge in [-0.1, -0.05) is 30.3 Å². The zero-order valence-electron chi connectivity index (χ0n) is 19.5. The van der Waals surface area contributed by atoms with Crippen LogP contribution in [-0.4, -0.2) is 30.4 Å². The Morgan fingerprint density at radius 1 is 1.29 bits per heavy atom. The lowest BCUT2D eigenvalue weighted by atomic mass is 9.85. The van der Waals surface area contributed by atoms with Gasteiger partial charge in [-0.05, 0) is 68.9 Å². The zero-order valence-corrected chi connectivity index (χ0v) is 20.4. The van der Waals surface area contributed by atoms with Gasteiger partial charge in [0.25, 0.3) is 5.89 Å². The van der Waals surface area contributed by atoms with Crippen molar-refractivity contribution in [1.82, 2.24) is 14.9 Å². The van der Waals surface area contributed by atoms with Crippen molar-refractivity contribution in [2.75, 3.05) is 5.75 Å². The molecule has 0 unspecified atom stereocenters. The fourth-order valence-corrected chi connectivity index (χ4v) is 5.62. The zero-order chi connectivity index (χ0) is 24.3. The van der Waals surface area contributed by atoms with Gasteiger partial charge in [0.15, 0.2) is 0 Å². The van der Waals surface area contributed by atoms with Crippen LogP contribution < -0.4 is 9.46 Å². The summed E-state index contributed by atoms with van der Waals surface area (Å²) in [5, 5.41) is 13.7. The summed E-state index contributed by atoms with van der Waals surface area (Å²) in [6, 6.07) is 12.9. The molecule has 34 heavy (non-hydrogen) atoms. The molecule has 2 aromatic carbocycles. The lowest BCUT2D eigenvalue weighted by molar-refractivity contribution is 0.241. The monoisotopic (exact) mass is 480 g/mol. The quantitative estimate of drug-likeness (QED) is 0.493. The third kappa shape index (κ3) is 5.13. The maximum Gasteiger partial charge on any atom is 0.258 e. The number of nitrogens with one attached hydrogen (secondary N) is 1. The van der Waals surface area contributed by atoms with Crippen LogP contribution in [0.4, 0.5) is 0 Å². The molecule has 0 bridgehead atoms. The molecule has 0 spiro atoms. The lowest BCUT2D eigenvalue weighted by Crippen LogP contribution is -2.32. The van der Waals surface area contributed by atoms with Crippen LogP contribution in [0.5, 0.6) is 5.75 Å². The van der Waals surface area contributed by atoms with Crippen molar-refractivity contribution in [3.8, 4) is 34.7 Å². The van der Waals surface area contributed by atoms with Gasteiger partial charge in [0.1, 0.15) is 11.8 Å². The summed E-state index contributed by atoms with van der Waals surface area (Å²) in [4.78, 5) is 4.59. The molecule has 9 heteroatoms. The summed E-state index contributed by atoms with van der Waals surface area (Å²) in [5.41, 5.74) is 3.83. The second-order valence-corrected chi connectivity index (χ2v) is 10.5. The average molecular weight is 481 g/mol. The minimum Gasteiger partial charge on any atom is -0.490 e. The molecule has 4 rings (SSSR count). The van der Waals surface area contributed by atoms with Crippen molar-refractivity contribution >= 4 is 10.0 Å². The highest BCUT2D eigenvalue weighted by atomic mass is 32.2. The van der Waals surface area contributed by atoms with E-state index in [-0.39, 0.29) is 17.9 Å². The third-order valence-corrected chi connectivity index (χ3v) is 7.27. The van der Waals surface area contributed by atoms with E-state index in [4.69, 9.17) is 9.26 Å². The van der Waals surface area contributed by atoms with Gasteiger partial charge in [0.2, 0.25) is 15.8 Å². The van der Waals surface area contributed by atoms with Gasteiger partial charge >= 0.3 is 0 Å². The Bertz CT molecular complexity index is 1320. The standard InChI is InChI=1S/C25H28N4O4S/c1-4-13-34(30,31)29-22-10-6-7-19-20(22)8-5-9-21(19)24-27-25(33-28-24)17-11-12-23(32-16(2)3)18(14-17)15-26/h5,8-9,11-12,14,16,22,29H,4,6-7,10,13H2,1-3H3/t22-/m1/s1. The SMILES string of the molecule is CCCS(=O)(=O)N[C@@H]1CCCc2c(-c3noc(-c4ccc(OC(C)C)c(C#N)c4)n3)cccc21. The Morgan fingerprint density at radius 2 is 2.12 bits per heavy atom. The number of nitriles is 1. The Morgan fingerprint density at radius 3 is 2.85 bits per heavy atom. The highest BCUT2D eigenvalue weighted by molar-refractivity contribution is 7.89. The van der Waals surface area contributed by atoms with E-state index in [0.717, 1.165) is 36.0 Å². The maximum absolute atomic E-state index is 12.4. The van der Waals surface area contributed by atoms with E-state index in [1.807, 2.05) is 39.0 Å². The van der Waals surface area contributed by atoms with Crippen LogP contribution >= 0.6 is 0 Å². The van der Waals surface area contributed by atoms with Crippen LogP contribution in [0.15, 0.2) is 40.9 Å². The van der Waals surface area contributed by atoms with Crippen molar-refractivity contribution in [2.24, 2.45) is 0 Å². The summed E-state index contributed by atoms with van der Waals surface area (Å²) in [5.74, 6) is 1.36. The van der Waals surface area contributed by atoms with Gasteiger partial charge in [-0.25, -0.2) is 13.1 Å². The normalized spacial score (nSPS) is 15.7. The first-order chi connectivity index (χ1) is 16.3. The highest BCUT2D eigenvalue weighted by Crippen LogP contribution is 2.36. The van der Waals surface area contributed by atoms with Crippen molar-refractivity contribution in [2.45, 2.75) is 58.6 Å². The topological polar surface area (TPSA) is 118 Å². The van der Waals surface area contributed by atoms with E-state index in [2.05, 4.69) is 20.9 Å². The van der Waals surface area contributed by atoms with Crippen LogP contribution in [0.3, 0.4) is 0 Å². The van der Waals surface area contributed by atoms with Gasteiger partial charge in [0.05, 0.1) is 17.4 Å². The van der Waals surface area contributed by atoms with Crippen molar-refractivity contribution in [1.29, 1.82) is 5.26 Å². The molecule has 0 saturated heterocycles. The summed E-state index contributed by atoms with van der Waals surface area (Å²) < 4.78 is 38.8. The second kappa shape index (κ2) is 9.95. The molecule has 1 aliphatic carbocycles. The molecule has 0 fully saturated rings. The number of hydrogen-bond acceptors (Lipinski definition) is 7. The predicted molar refractivity (Wildman–Crippen MR) is 129 cm³/mol. The largest absolute Gasteiger partial charge is 0.490 e. The molecule has 0 aliphatic heterocycles. The van der Waals surface area contributed by atoms with E-state index >= 15 is 0 Å². The number of fused-ring (bicyclic) bond motifs is 1. The molecule has 0 amide bonds. The number of benzene rings is 2. The number of nitrogens with zero attached hydrogens (tertiary/aromatic N) is 3. The first-order valence-corrected chi connectivity index (χ1v) is 13.1. The molecule has 1 aliphatic rings. The Hall–Kier alpha value is -3.22. The minimum absolute atomic E-state index is 0.0486. The molecule has 8 nitrogen and oxygen atoms in total. The molecular weight excluding hydrogens is 452 g/mol. The predicted octanol–water partition coefficient (Wildman–Crippen LogP) is 4.77. The fourth-order valence-electron chi connectivity index (χ4n) is 4.28. The van der Waals surface area contributed by atoms with Crippen LogP contribution in [0, 0.1) is 11.3 Å². The summed E-state index contributed by atoms with van der Waals surface area (Å²) >= 11 is 0. The van der Waals surface area contributed by atoms with Crippen molar-refractivity contribution in [3.63, 3.8) is 0 Å². The van der Waals surface area contributed by atoms with Crippen LogP contribution in [0.1, 0.15) is 62.8 Å². The lowest BCUT2D eigenvalue weighted by Gasteiger charge is -2.27. The number of sulfonamides is 1. The number of aromatic nitrogens is 2. The molecule has 1 N–H and O–H groups in total. The minimum atomic E-state index is -3.34. The Labute approximate surface area is 200 Å². The molecule has 1 heterocycles. The van der Waals surface area contributed by atoms with Crippen molar-refractivity contribution < 1.29 is 17.7 Å². The maximum atomic E-state index is 12.4. The first-order valence-electron chi connectivity index (χ1n) is 11.5. The Balaban J connectivity index is 1.65. The fraction of sp³-hybridized carbons (Fsp3) is 0.400. The summed E-state index contributed by atoms with van der Waals surface area (Å²) in [6.45, 7) is 5.66. The molecule has 1 aromatic heterocycles. The number of rotatable bonds is 8. The van der Waals surface area contributed by atoms with Crippen molar-refractivity contribution in [3.05, 3.63) is 53.1 Å². The molecule has 0 radical (unpaired) electrons.